The third-order valence-electron chi connectivity index (χ3n) is 4.53. The van der Waals surface area contributed by atoms with Crippen LogP contribution in [0, 0.1) is 5.92 Å². The summed E-state index contributed by atoms with van der Waals surface area (Å²) in [6.07, 6.45) is 1.59. The van der Waals surface area contributed by atoms with Gasteiger partial charge in [0.15, 0.2) is 0 Å². The average Bonchev–Trinajstić information content (AvgIpc) is 2.67. The molecule has 3 amide bonds. The van der Waals surface area contributed by atoms with E-state index in [1.54, 1.807) is 13.8 Å². The minimum Gasteiger partial charge on any atom is -0.466 e. The smallest absolute Gasteiger partial charge is 0.321 e. The molecule has 2 N–H and O–H groups in total. The van der Waals surface area contributed by atoms with Crippen molar-refractivity contribution >= 4 is 17.9 Å². The Balaban J connectivity index is 1.80. The highest BCUT2D eigenvalue weighted by atomic mass is 16.5. The van der Waals surface area contributed by atoms with Crippen LogP contribution in [0.25, 0.3) is 0 Å². The van der Waals surface area contributed by atoms with E-state index in [1.165, 1.54) is 0 Å². The number of nitrogens with zero attached hydrogens (tertiary/aromatic N) is 1. The number of esters is 1. The highest BCUT2D eigenvalue weighted by Gasteiger charge is 2.32. The standard InChI is InChI=1S/C19H27N3O4/c1-3-26-18(24)16-10-7-11-22(13-16)14(2)17(23)21-19(25)20-12-15-8-5-4-6-9-15/h4-6,8-9,14,16H,3,7,10-13H2,1-2H3,(H2,20,21,23,25). The summed E-state index contributed by atoms with van der Waals surface area (Å²) in [7, 11) is 0. The first kappa shape index (κ1) is 19.9. The predicted molar refractivity (Wildman–Crippen MR) is 97.2 cm³/mol. The van der Waals surface area contributed by atoms with E-state index in [9.17, 15) is 14.4 Å². The van der Waals surface area contributed by atoms with Gasteiger partial charge >= 0.3 is 12.0 Å². The SMILES string of the molecule is CCOC(=O)C1CCCN(C(C)C(=O)NC(=O)NCc2ccccc2)C1. The van der Waals surface area contributed by atoms with Crippen molar-refractivity contribution in [2.24, 2.45) is 5.92 Å². The number of rotatable bonds is 6. The molecular weight excluding hydrogens is 334 g/mol. The van der Waals surface area contributed by atoms with Gasteiger partial charge in [-0.3, -0.25) is 19.8 Å². The minimum absolute atomic E-state index is 0.217. The summed E-state index contributed by atoms with van der Waals surface area (Å²) in [5.74, 6) is -0.809. The Kier molecular flexibility index (Phi) is 7.59. The fraction of sp³-hybridized carbons (Fsp3) is 0.526. The summed E-state index contributed by atoms with van der Waals surface area (Å²) in [6.45, 7) is 5.42. The van der Waals surface area contributed by atoms with Gasteiger partial charge in [-0.25, -0.2) is 4.79 Å². The van der Waals surface area contributed by atoms with Gasteiger partial charge < -0.3 is 10.1 Å². The topological polar surface area (TPSA) is 87.7 Å². The summed E-state index contributed by atoms with van der Waals surface area (Å²) in [5, 5.41) is 5.04. The van der Waals surface area contributed by atoms with Crippen LogP contribution in [0.15, 0.2) is 30.3 Å². The largest absolute Gasteiger partial charge is 0.466 e. The van der Waals surface area contributed by atoms with Crippen molar-refractivity contribution < 1.29 is 19.1 Å². The molecular formula is C19H27N3O4. The van der Waals surface area contributed by atoms with E-state index >= 15 is 0 Å². The summed E-state index contributed by atoms with van der Waals surface area (Å²) < 4.78 is 5.08. The van der Waals surface area contributed by atoms with Gasteiger partial charge in [0.05, 0.1) is 18.6 Å². The zero-order chi connectivity index (χ0) is 18.9. The maximum Gasteiger partial charge on any atom is 0.321 e. The number of amides is 3. The van der Waals surface area contributed by atoms with Crippen LogP contribution in [-0.2, 0) is 20.9 Å². The van der Waals surface area contributed by atoms with Gasteiger partial charge in [-0.1, -0.05) is 30.3 Å². The Morgan fingerprint density at radius 3 is 2.69 bits per heavy atom. The molecule has 2 rings (SSSR count). The minimum atomic E-state index is -0.523. The number of benzene rings is 1. The van der Waals surface area contributed by atoms with Crippen molar-refractivity contribution in [2.45, 2.75) is 39.3 Å². The van der Waals surface area contributed by atoms with Crippen molar-refractivity contribution in [2.75, 3.05) is 19.7 Å². The summed E-state index contributed by atoms with van der Waals surface area (Å²) in [6, 6.07) is 8.45. The zero-order valence-corrected chi connectivity index (χ0v) is 15.4. The van der Waals surface area contributed by atoms with Crippen LogP contribution in [-0.4, -0.2) is 48.5 Å². The monoisotopic (exact) mass is 361 g/mol. The molecule has 0 spiro atoms. The maximum absolute atomic E-state index is 12.3. The van der Waals surface area contributed by atoms with Crippen molar-refractivity contribution in [3.63, 3.8) is 0 Å². The Hall–Kier alpha value is -2.41. The highest BCUT2D eigenvalue weighted by Crippen LogP contribution is 2.19. The Morgan fingerprint density at radius 1 is 1.27 bits per heavy atom. The molecule has 7 nitrogen and oxygen atoms in total. The normalized spacial score (nSPS) is 18.6. The van der Waals surface area contributed by atoms with Gasteiger partial charge in [0, 0.05) is 13.1 Å². The van der Waals surface area contributed by atoms with Crippen molar-refractivity contribution in [3.8, 4) is 0 Å². The number of hydrogen-bond donors (Lipinski definition) is 2. The molecule has 1 heterocycles. The van der Waals surface area contributed by atoms with E-state index in [1.807, 2.05) is 35.2 Å². The van der Waals surface area contributed by atoms with Gasteiger partial charge in [-0.2, -0.15) is 0 Å². The molecule has 0 saturated carbocycles. The molecule has 2 unspecified atom stereocenters. The van der Waals surface area contributed by atoms with Crippen LogP contribution in [0.4, 0.5) is 4.79 Å². The quantitative estimate of drug-likeness (QED) is 0.753. The fourth-order valence-electron chi connectivity index (χ4n) is 3.02. The third kappa shape index (κ3) is 5.84. The lowest BCUT2D eigenvalue weighted by Gasteiger charge is -2.34. The van der Waals surface area contributed by atoms with E-state index in [-0.39, 0.29) is 17.8 Å². The first-order valence-electron chi connectivity index (χ1n) is 9.04. The number of urea groups is 1. The lowest BCUT2D eigenvalue weighted by molar-refractivity contribution is -0.151. The lowest BCUT2D eigenvalue weighted by Crippen LogP contribution is -2.52. The van der Waals surface area contributed by atoms with Gasteiger partial charge in [-0.05, 0) is 38.8 Å². The highest BCUT2D eigenvalue weighted by molar-refractivity contribution is 5.96. The molecule has 26 heavy (non-hydrogen) atoms. The predicted octanol–water partition coefficient (Wildman–Crippen LogP) is 1.68. The van der Waals surface area contributed by atoms with Crippen LogP contribution in [0.5, 0.6) is 0 Å². The molecule has 1 aliphatic heterocycles. The van der Waals surface area contributed by atoms with Crippen LogP contribution in [0.1, 0.15) is 32.3 Å². The van der Waals surface area contributed by atoms with Gasteiger partial charge in [0.25, 0.3) is 0 Å². The number of hydrogen-bond acceptors (Lipinski definition) is 5. The number of nitrogens with one attached hydrogen (secondary N) is 2. The number of carbonyl (C=O) groups is 3. The third-order valence-corrected chi connectivity index (χ3v) is 4.53. The van der Waals surface area contributed by atoms with Gasteiger partial charge in [0.1, 0.15) is 0 Å². The molecule has 0 aliphatic carbocycles. The molecule has 1 aromatic rings. The summed E-state index contributed by atoms with van der Waals surface area (Å²) in [4.78, 5) is 38.1. The number of likely N-dealkylation sites (tertiary alicyclic amines) is 1. The van der Waals surface area contributed by atoms with Gasteiger partial charge in [0.2, 0.25) is 5.91 Å². The summed E-state index contributed by atoms with van der Waals surface area (Å²) in [5.41, 5.74) is 0.955. The van der Waals surface area contributed by atoms with E-state index < -0.39 is 12.1 Å². The molecule has 1 aliphatic rings. The molecule has 1 saturated heterocycles. The molecule has 142 valence electrons. The first-order chi connectivity index (χ1) is 12.5. The molecule has 0 bridgehead atoms. The van der Waals surface area contributed by atoms with E-state index in [2.05, 4.69) is 10.6 Å². The molecule has 1 fully saturated rings. The van der Waals surface area contributed by atoms with E-state index in [0.29, 0.717) is 19.7 Å². The number of ether oxygens (including phenoxy) is 1. The number of imide groups is 1. The van der Waals surface area contributed by atoms with Crippen molar-refractivity contribution in [1.29, 1.82) is 0 Å². The molecule has 1 aromatic carbocycles. The molecule has 2 atom stereocenters. The second-order valence-electron chi connectivity index (χ2n) is 6.42. The van der Waals surface area contributed by atoms with E-state index in [4.69, 9.17) is 4.74 Å². The molecule has 0 aromatic heterocycles. The van der Waals surface area contributed by atoms with E-state index in [0.717, 1.165) is 24.9 Å². The average molecular weight is 361 g/mol. The molecule has 7 heteroatoms. The molecule has 0 radical (unpaired) electrons. The van der Waals surface area contributed by atoms with Crippen LogP contribution in [0.3, 0.4) is 0 Å². The van der Waals surface area contributed by atoms with Crippen LogP contribution >= 0.6 is 0 Å². The Labute approximate surface area is 154 Å². The van der Waals surface area contributed by atoms with Crippen molar-refractivity contribution in [1.82, 2.24) is 15.5 Å². The van der Waals surface area contributed by atoms with Crippen LogP contribution < -0.4 is 10.6 Å². The van der Waals surface area contributed by atoms with Crippen molar-refractivity contribution in [3.05, 3.63) is 35.9 Å². The second kappa shape index (κ2) is 9.91. The lowest BCUT2D eigenvalue weighted by atomic mass is 9.97. The maximum atomic E-state index is 12.3. The Bertz CT molecular complexity index is 620. The number of carbonyl (C=O) groups excluding carboxylic acids is 3. The van der Waals surface area contributed by atoms with Crippen LogP contribution in [0.2, 0.25) is 0 Å². The first-order valence-corrected chi connectivity index (χ1v) is 9.04. The summed E-state index contributed by atoms with van der Waals surface area (Å²) >= 11 is 0. The Morgan fingerprint density at radius 2 is 2.00 bits per heavy atom. The van der Waals surface area contributed by atoms with Gasteiger partial charge in [-0.15, -0.1) is 0 Å². The fourth-order valence-corrected chi connectivity index (χ4v) is 3.02. The number of piperidine rings is 1. The zero-order valence-electron chi connectivity index (χ0n) is 15.4. The second-order valence-corrected chi connectivity index (χ2v) is 6.42.